The van der Waals surface area contributed by atoms with Crippen molar-refractivity contribution in [3.8, 4) is 0 Å². The lowest BCUT2D eigenvalue weighted by Gasteiger charge is -2.22. The average molecular weight is 304 g/mol. The van der Waals surface area contributed by atoms with Gasteiger partial charge in [0.1, 0.15) is 0 Å². The van der Waals surface area contributed by atoms with Crippen molar-refractivity contribution in [3.05, 3.63) is 33.4 Å². The molecule has 0 spiro atoms. The summed E-state index contributed by atoms with van der Waals surface area (Å²) in [6.45, 7) is 4.40. The SMILES string of the molecule is CCC(C)C(NN)c1cccc(I)c1. The normalized spacial score (nSPS) is 15.1. The smallest absolute Gasteiger partial charge is 0.0485 e. The summed E-state index contributed by atoms with van der Waals surface area (Å²) in [5.74, 6) is 6.13. The molecule has 0 bridgehead atoms. The predicted octanol–water partition coefficient (Wildman–Crippen LogP) is 2.84. The van der Waals surface area contributed by atoms with Crippen LogP contribution in [-0.2, 0) is 0 Å². The number of nitrogens with one attached hydrogen (secondary N) is 1. The van der Waals surface area contributed by atoms with E-state index in [0.29, 0.717) is 5.92 Å². The molecule has 0 amide bonds. The van der Waals surface area contributed by atoms with Gasteiger partial charge in [-0.2, -0.15) is 0 Å². The summed E-state index contributed by atoms with van der Waals surface area (Å²) in [5.41, 5.74) is 4.16. The Hall–Kier alpha value is -0.130. The van der Waals surface area contributed by atoms with Crippen LogP contribution in [0.3, 0.4) is 0 Å². The Morgan fingerprint density at radius 3 is 2.71 bits per heavy atom. The lowest BCUT2D eigenvalue weighted by Crippen LogP contribution is -2.32. The first kappa shape index (κ1) is 11.9. The summed E-state index contributed by atoms with van der Waals surface area (Å²) in [7, 11) is 0. The van der Waals surface area contributed by atoms with Crippen molar-refractivity contribution in [2.24, 2.45) is 11.8 Å². The minimum Gasteiger partial charge on any atom is -0.271 e. The minimum absolute atomic E-state index is 0.259. The molecule has 2 nitrogen and oxygen atoms in total. The van der Waals surface area contributed by atoms with Gasteiger partial charge in [0.05, 0.1) is 0 Å². The van der Waals surface area contributed by atoms with E-state index in [1.54, 1.807) is 0 Å². The molecule has 1 aromatic rings. The van der Waals surface area contributed by atoms with E-state index in [2.05, 4.69) is 66.1 Å². The molecule has 0 aliphatic carbocycles. The number of benzene rings is 1. The van der Waals surface area contributed by atoms with Crippen LogP contribution in [0, 0.1) is 9.49 Å². The molecule has 3 N–H and O–H groups in total. The van der Waals surface area contributed by atoms with Crippen LogP contribution < -0.4 is 11.3 Å². The first-order chi connectivity index (χ1) is 6.69. The number of hydrazine groups is 1. The Balaban J connectivity index is 2.89. The van der Waals surface area contributed by atoms with Crippen LogP contribution in [0.4, 0.5) is 0 Å². The van der Waals surface area contributed by atoms with Crippen molar-refractivity contribution in [3.63, 3.8) is 0 Å². The van der Waals surface area contributed by atoms with E-state index in [4.69, 9.17) is 5.84 Å². The first-order valence-electron chi connectivity index (χ1n) is 4.90. The third-order valence-corrected chi connectivity index (χ3v) is 3.27. The zero-order chi connectivity index (χ0) is 10.6. The van der Waals surface area contributed by atoms with Crippen LogP contribution in [0.25, 0.3) is 0 Å². The Morgan fingerprint density at radius 1 is 1.50 bits per heavy atom. The maximum absolute atomic E-state index is 5.58. The summed E-state index contributed by atoms with van der Waals surface area (Å²) in [6.07, 6.45) is 1.13. The molecule has 0 aliphatic rings. The molecule has 2 atom stereocenters. The highest BCUT2D eigenvalue weighted by molar-refractivity contribution is 14.1. The molecule has 14 heavy (non-hydrogen) atoms. The summed E-state index contributed by atoms with van der Waals surface area (Å²) in [4.78, 5) is 0. The number of hydrogen-bond acceptors (Lipinski definition) is 2. The topological polar surface area (TPSA) is 38.0 Å². The Kier molecular flexibility index (Phi) is 4.84. The van der Waals surface area contributed by atoms with E-state index in [1.807, 2.05) is 0 Å². The third-order valence-electron chi connectivity index (χ3n) is 2.60. The predicted molar refractivity (Wildman–Crippen MR) is 68.7 cm³/mol. The summed E-state index contributed by atoms with van der Waals surface area (Å²) >= 11 is 2.32. The molecule has 1 rings (SSSR count). The highest BCUT2D eigenvalue weighted by Crippen LogP contribution is 2.24. The molecule has 0 saturated heterocycles. The fourth-order valence-corrected chi connectivity index (χ4v) is 2.09. The fourth-order valence-electron chi connectivity index (χ4n) is 1.52. The number of halogens is 1. The molecular formula is C11H17IN2. The van der Waals surface area contributed by atoms with Gasteiger partial charge in [-0.25, -0.2) is 0 Å². The van der Waals surface area contributed by atoms with Gasteiger partial charge in [0.2, 0.25) is 0 Å². The Labute approximate surface area is 99.4 Å². The largest absolute Gasteiger partial charge is 0.271 e. The van der Waals surface area contributed by atoms with Gasteiger partial charge in [-0.05, 0) is 46.2 Å². The van der Waals surface area contributed by atoms with E-state index in [1.165, 1.54) is 9.13 Å². The molecule has 0 saturated carbocycles. The van der Waals surface area contributed by atoms with Crippen LogP contribution in [0.1, 0.15) is 31.9 Å². The minimum atomic E-state index is 0.259. The fraction of sp³-hybridized carbons (Fsp3) is 0.455. The second kappa shape index (κ2) is 5.68. The van der Waals surface area contributed by atoms with Crippen molar-refractivity contribution in [2.75, 3.05) is 0 Å². The van der Waals surface area contributed by atoms with Crippen LogP contribution in [-0.4, -0.2) is 0 Å². The van der Waals surface area contributed by atoms with Gasteiger partial charge in [-0.1, -0.05) is 32.4 Å². The molecule has 78 valence electrons. The zero-order valence-corrected chi connectivity index (χ0v) is 10.8. The Bertz CT molecular complexity index is 288. The van der Waals surface area contributed by atoms with Gasteiger partial charge in [0.15, 0.2) is 0 Å². The highest BCUT2D eigenvalue weighted by Gasteiger charge is 2.15. The van der Waals surface area contributed by atoms with Gasteiger partial charge < -0.3 is 0 Å². The molecule has 1 aromatic carbocycles. The van der Waals surface area contributed by atoms with Crippen molar-refractivity contribution in [1.29, 1.82) is 0 Å². The summed E-state index contributed by atoms with van der Waals surface area (Å²) in [6, 6.07) is 8.73. The van der Waals surface area contributed by atoms with Crippen molar-refractivity contribution in [1.82, 2.24) is 5.43 Å². The maximum Gasteiger partial charge on any atom is 0.0485 e. The molecule has 0 aliphatic heterocycles. The van der Waals surface area contributed by atoms with Gasteiger partial charge in [-0.15, -0.1) is 0 Å². The van der Waals surface area contributed by atoms with E-state index in [0.717, 1.165) is 6.42 Å². The highest BCUT2D eigenvalue weighted by atomic mass is 127. The molecule has 0 heterocycles. The maximum atomic E-state index is 5.58. The number of rotatable bonds is 4. The standard InChI is InChI=1S/C11H17IN2/c1-3-8(2)11(14-13)9-5-4-6-10(12)7-9/h4-8,11,14H,3,13H2,1-2H3. The molecule has 0 aromatic heterocycles. The quantitative estimate of drug-likeness (QED) is 0.510. The second-order valence-electron chi connectivity index (χ2n) is 3.58. The van der Waals surface area contributed by atoms with E-state index >= 15 is 0 Å². The van der Waals surface area contributed by atoms with Gasteiger partial charge in [0.25, 0.3) is 0 Å². The van der Waals surface area contributed by atoms with Crippen molar-refractivity contribution >= 4 is 22.6 Å². The van der Waals surface area contributed by atoms with Crippen LogP contribution in [0.2, 0.25) is 0 Å². The van der Waals surface area contributed by atoms with Gasteiger partial charge >= 0.3 is 0 Å². The monoisotopic (exact) mass is 304 g/mol. The van der Waals surface area contributed by atoms with E-state index in [-0.39, 0.29) is 6.04 Å². The second-order valence-corrected chi connectivity index (χ2v) is 4.83. The summed E-state index contributed by atoms with van der Waals surface area (Å²) < 4.78 is 1.25. The van der Waals surface area contributed by atoms with Crippen molar-refractivity contribution < 1.29 is 0 Å². The van der Waals surface area contributed by atoms with Crippen LogP contribution >= 0.6 is 22.6 Å². The number of hydrogen-bond donors (Lipinski definition) is 2. The van der Waals surface area contributed by atoms with Crippen molar-refractivity contribution in [2.45, 2.75) is 26.3 Å². The average Bonchev–Trinajstić information content (AvgIpc) is 2.19. The molecule has 2 unspecified atom stereocenters. The molecule has 0 fully saturated rings. The van der Waals surface area contributed by atoms with E-state index < -0.39 is 0 Å². The molecule has 3 heteroatoms. The van der Waals surface area contributed by atoms with Crippen LogP contribution in [0.5, 0.6) is 0 Å². The van der Waals surface area contributed by atoms with Gasteiger partial charge in [-0.3, -0.25) is 11.3 Å². The molecular weight excluding hydrogens is 287 g/mol. The lowest BCUT2D eigenvalue weighted by molar-refractivity contribution is 0.383. The lowest BCUT2D eigenvalue weighted by atomic mass is 9.93. The van der Waals surface area contributed by atoms with Crippen LogP contribution in [0.15, 0.2) is 24.3 Å². The zero-order valence-electron chi connectivity index (χ0n) is 8.63. The van der Waals surface area contributed by atoms with Gasteiger partial charge in [0, 0.05) is 9.61 Å². The Morgan fingerprint density at radius 2 is 2.21 bits per heavy atom. The third kappa shape index (κ3) is 2.93. The van der Waals surface area contributed by atoms with E-state index in [9.17, 15) is 0 Å². The first-order valence-corrected chi connectivity index (χ1v) is 5.98. The molecule has 0 radical (unpaired) electrons. The number of nitrogens with two attached hydrogens (primary N) is 1. The summed E-state index contributed by atoms with van der Waals surface area (Å²) in [5, 5.41) is 0.